The lowest BCUT2D eigenvalue weighted by Crippen LogP contribution is -2.27. The summed E-state index contributed by atoms with van der Waals surface area (Å²) in [5, 5.41) is 10.5. The number of thiophene rings is 1. The molecule has 2 atom stereocenters. The standard InChI is InChI=1S/C11H15NO4S2/c1-6-3-8(6)4-12-18(15,16)10-7(2)5-17-9(10)11(13)14/h5-6,8,12H,3-4H2,1-2H3,(H,13,14). The second-order valence-electron chi connectivity index (χ2n) is 4.71. The fourth-order valence-corrected chi connectivity index (χ4v) is 4.61. The number of hydrogen-bond donors (Lipinski definition) is 2. The van der Waals surface area contributed by atoms with Crippen molar-refractivity contribution in [3.05, 3.63) is 15.8 Å². The maximum absolute atomic E-state index is 12.1. The van der Waals surface area contributed by atoms with E-state index in [0.29, 0.717) is 23.9 Å². The van der Waals surface area contributed by atoms with Crippen molar-refractivity contribution in [3.63, 3.8) is 0 Å². The highest BCUT2D eigenvalue weighted by atomic mass is 32.2. The first kappa shape index (κ1) is 13.5. The third kappa shape index (κ3) is 2.57. The predicted octanol–water partition coefficient (Wildman–Crippen LogP) is 1.69. The average molecular weight is 289 g/mol. The smallest absolute Gasteiger partial charge is 0.347 e. The number of aryl methyl sites for hydroxylation is 1. The van der Waals surface area contributed by atoms with Gasteiger partial charge in [0.05, 0.1) is 0 Å². The van der Waals surface area contributed by atoms with Crippen molar-refractivity contribution in [2.45, 2.75) is 25.2 Å². The molecule has 1 aliphatic carbocycles. The second-order valence-corrected chi connectivity index (χ2v) is 7.29. The van der Waals surface area contributed by atoms with Gasteiger partial charge < -0.3 is 5.11 Å². The molecule has 2 rings (SSSR count). The number of aromatic carboxylic acids is 1. The van der Waals surface area contributed by atoms with Gasteiger partial charge in [-0.3, -0.25) is 0 Å². The van der Waals surface area contributed by atoms with E-state index in [1.165, 1.54) is 0 Å². The Bertz CT molecular complexity index is 576. The van der Waals surface area contributed by atoms with E-state index >= 15 is 0 Å². The van der Waals surface area contributed by atoms with Gasteiger partial charge in [0.25, 0.3) is 0 Å². The van der Waals surface area contributed by atoms with Crippen LogP contribution >= 0.6 is 11.3 Å². The van der Waals surface area contributed by atoms with Gasteiger partial charge in [0, 0.05) is 6.54 Å². The molecule has 1 fully saturated rings. The van der Waals surface area contributed by atoms with Crippen molar-refractivity contribution in [1.29, 1.82) is 0 Å². The zero-order valence-electron chi connectivity index (χ0n) is 10.1. The summed E-state index contributed by atoms with van der Waals surface area (Å²) >= 11 is 0.943. The Labute approximate surface area is 110 Å². The van der Waals surface area contributed by atoms with E-state index in [2.05, 4.69) is 11.6 Å². The zero-order valence-corrected chi connectivity index (χ0v) is 11.8. The van der Waals surface area contributed by atoms with Gasteiger partial charge in [0.15, 0.2) is 0 Å². The maximum Gasteiger partial charge on any atom is 0.347 e. The monoisotopic (exact) mass is 289 g/mol. The van der Waals surface area contributed by atoms with Crippen LogP contribution in [0.2, 0.25) is 0 Å². The summed E-state index contributed by atoms with van der Waals surface area (Å²) < 4.78 is 26.7. The molecule has 1 aromatic heterocycles. The van der Waals surface area contributed by atoms with Crippen molar-refractivity contribution in [2.24, 2.45) is 11.8 Å². The molecule has 0 saturated heterocycles. The average Bonchev–Trinajstić information content (AvgIpc) is 2.81. The molecule has 100 valence electrons. The van der Waals surface area contributed by atoms with Gasteiger partial charge in [0.2, 0.25) is 10.0 Å². The van der Waals surface area contributed by atoms with E-state index in [0.717, 1.165) is 17.8 Å². The van der Waals surface area contributed by atoms with Crippen LogP contribution in [-0.4, -0.2) is 26.0 Å². The minimum atomic E-state index is -3.72. The summed E-state index contributed by atoms with van der Waals surface area (Å²) in [5.74, 6) is -0.268. The summed E-state index contributed by atoms with van der Waals surface area (Å²) in [6.45, 7) is 4.06. The Kier molecular flexibility index (Phi) is 3.48. The molecule has 2 unspecified atom stereocenters. The molecule has 0 aliphatic heterocycles. The minimum Gasteiger partial charge on any atom is -0.477 e. The van der Waals surface area contributed by atoms with E-state index in [-0.39, 0.29) is 9.77 Å². The molecule has 0 radical (unpaired) electrons. The number of carboxylic acids is 1. The molecule has 0 amide bonds. The summed E-state index contributed by atoms with van der Waals surface area (Å²) in [5.41, 5.74) is 0.480. The van der Waals surface area contributed by atoms with Gasteiger partial charge in [-0.05, 0) is 36.1 Å². The molecule has 5 nitrogen and oxygen atoms in total. The van der Waals surface area contributed by atoms with Crippen LogP contribution in [0.5, 0.6) is 0 Å². The number of hydrogen-bond acceptors (Lipinski definition) is 4. The summed E-state index contributed by atoms with van der Waals surface area (Å²) in [7, 11) is -3.72. The van der Waals surface area contributed by atoms with E-state index in [4.69, 9.17) is 5.11 Å². The third-order valence-electron chi connectivity index (χ3n) is 3.19. The number of carboxylic acid groups (broad SMARTS) is 1. The van der Waals surface area contributed by atoms with Gasteiger partial charge in [-0.1, -0.05) is 6.92 Å². The van der Waals surface area contributed by atoms with E-state index in [1.807, 2.05) is 0 Å². The Morgan fingerprint density at radius 2 is 2.22 bits per heavy atom. The van der Waals surface area contributed by atoms with Crippen molar-refractivity contribution in [2.75, 3.05) is 6.54 Å². The first-order valence-corrected chi connectivity index (χ1v) is 8.00. The first-order chi connectivity index (χ1) is 8.33. The van der Waals surface area contributed by atoms with Gasteiger partial charge in [-0.25, -0.2) is 17.9 Å². The molecule has 18 heavy (non-hydrogen) atoms. The first-order valence-electron chi connectivity index (χ1n) is 5.64. The summed E-state index contributed by atoms with van der Waals surface area (Å²) in [6, 6.07) is 0. The van der Waals surface area contributed by atoms with Crippen LogP contribution in [0.15, 0.2) is 10.3 Å². The van der Waals surface area contributed by atoms with Crippen LogP contribution in [0.4, 0.5) is 0 Å². The normalized spacial score (nSPS) is 23.0. The largest absolute Gasteiger partial charge is 0.477 e. The number of nitrogens with one attached hydrogen (secondary N) is 1. The lowest BCUT2D eigenvalue weighted by Gasteiger charge is -2.07. The van der Waals surface area contributed by atoms with Gasteiger partial charge in [-0.15, -0.1) is 11.3 Å². The fraction of sp³-hybridized carbons (Fsp3) is 0.545. The molecular weight excluding hydrogens is 274 g/mol. The van der Waals surface area contributed by atoms with Crippen molar-refractivity contribution in [3.8, 4) is 0 Å². The van der Waals surface area contributed by atoms with Gasteiger partial charge in [-0.2, -0.15) is 0 Å². The molecule has 2 N–H and O–H groups in total. The fourth-order valence-electron chi connectivity index (χ4n) is 1.89. The van der Waals surface area contributed by atoms with Crippen molar-refractivity contribution in [1.82, 2.24) is 4.72 Å². The third-order valence-corrected chi connectivity index (χ3v) is 6.02. The molecule has 0 spiro atoms. The highest BCUT2D eigenvalue weighted by molar-refractivity contribution is 7.89. The number of rotatable bonds is 5. The lowest BCUT2D eigenvalue weighted by molar-refractivity contribution is 0.0698. The van der Waals surface area contributed by atoms with Crippen molar-refractivity contribution >= 4 is 27.3 Å². The Morgan fingerprint density at radius 1 is 1.61 bits per heavy atom. The highest BCUT2D eigenvalue weighted by Gasteiger charge is 2.34. The number of sulfonamides is 1. The Hall–Kier alpha value is -0.920. The van der Waals surface area contributed by atoms with Crippen LogP contribution in [0.25, 0.3) is 0 Å². The van der Waals surface area contributed by atoms with Gasteiger partial charge >= 0.3 is 5.97 Å². The molecule has 0 bridgehead atoms. The van der Waals surface area contributed by atoms with Crippen LogP contribution < -0.4 is 4.72 Å². The molecule has 1 aromatic rings. The van der Waals surface area contributed by atoms with Crippen LogP contribution in [0.3, 0.4) is 0 Å². The lowest BCUT2D eigenvalue weighted by atomic mass is 10.3. The Balaban J connectivity index is 2.23. The molecule has 0 aromatic carbocycles. The quantitative estimate of drug-likeness (QED) is 0.864. The molecule has 1 heterocycles. The number of carbonyl (C=O) groups is 1. The predicted molar refractivity (Wildman–Crippen MR) is 68.5 cm³/mol. The molecule has 7 heteroatoms. The second kappa shape index (κ2) is 4.64. The van der Waals surface area contributed by atoms with Crippen LogP contribution in [0.1, 0.15) is 28.6 Å². The highest BCUT2D eigenvalue weighted by Crippen LogP contribution is 2.37. The summed E-state index contributed by atoms with van der Waals surface area (Å²) in [6.07, 6.45) is 1.02. The SMILES string of the molecule is Cc1csc(C(=O)O)c1S(=O)(=O)NCC1CC1C. The van der Waals surface area contributed by atoms with E-state index in [9.17, 15) is 13.2 Å². The minimum absolute atomic E-state index is 0.0895. The molecule has 1 saturated carbocycles. The van der Waals surface area contributed by atoms with E-state index in [1.54, 1.807) is 12.3 Å². The maximum atomic E-state index is 12.1. The topological polar surface area (TPSA) is 83.5 Å². The molecular formula is C11H15NO4S2. The van der Waals surface area contributed by atoms with Crippen LogP contribution in [-0.2, 0) is 10.0 Å². The van der Waals surface area contributed by atoms with Crippen LogP contribution in [0, 0.1) is 18.8 Å². The van der Waals surface area contributed by atoms with Crippen molar-refractivity contribution < 1.29 is 18.3 Å². The van der Waals surface area contributed by atoms with Gasteiger partial charge in [0.1, 0.15) is 9.77 Å². The zero-order chi connectivity index (χ0) is 13.5. The van der Waals surface area contributed by atoms with E-state index < -0.39 is 16.0 Å². The Morgan fingerprint density at radius 3 is 2.72 bits per heavy atom. The molecule has 1 aliphatic rings. The summed E-state index contributed by atoms with van der Waals surface area (Å²) in [4.78, 5) is 10.8.